The average molecular weight is 552 g/mol. The molecule has 14 heteroatoms. The number of phenols is 1. The predicted molar refractivity (Wildman–Crippen MR) is 128 cm³/mol. The van der Waals surface area contributed by atoms with Gasteiger partial charge in [0.25, 0.3) is 0 Å². The first-order valence-corrected chi connectivity index (χ1v) is 11.6. The molecule has 2 aromatic rings. The zero-order valence-corrected chi connectivity index (χ0v) is 22.0. The quantitative estimate of drug-likeness (QED) is 0.365. The molecule has 0 radical (unpaired) electrons. The van der Waals surface area contributed by atoms with Crippen molar-refractivity contribution >= 4 is 34.8 Å². The molecule has 0 bridgehead atoms. The Hall–Kier alpha value is -4.33. The first-order chi connectivity index (χ1) is 18.3. The van der Waals surface area contributed by atoms with E-state index in [9.17, 15) is 29.1 Å². The van der Waals surface area contributed by atoms with Crippen molar-refractivity contribution in [2.75, 3.05) is 13.7 Å². The number of hydrogen-bond acceptors (Lipinski definition) is 14. The highest BCUT2D eigenvalue weighted by Gasteiger charge is 2.53. The number of aryl methyl sites for hydroxylation is 1. The lowest BCUT2D eigenvalue weighted by molar-refractivity contribution is -0.288. The summed E-state index contributed by atoms with van der Waals surface area (Å²) < 4.78 is 43.6. The number of carbonyl (C=O) groups is 4. The molecule has 0 spiro atoms. The van der Waals surface area contributed by atoms with Gasteiger partial charge in [-0.1, -0.05) is 0 Å². The van der Waals surface area contributed by atoms with Gasteiger partial charge in [-0.05, 0) is 6.92 Å². The molecule has 0 aliphatic carbocycles. The second-order valence-electron chi connectivity index (χ2n) is 8.54. The van der Waals surface area contributed by atoms with Gasteiger partial charge in [-0.25, -0.2) is 0 Å². The molecule has 1 aliphatic heterocycles. The Kier molecular flexibility index (Phi) is 9.01. The molecule has 39 heavy (non-hydrogen) atoms. The van der Waals surface area contributed by atoms with E-state index in [4.69, 9.17) is 37.6 Å². The maximum atomic E-state index is 12.5. The molecule has 1 aromatic carbocycles. The topological polar surface area (TPSA) is 183 Å². The van der Waals surface area contributed by atoms with Crippen molar-refractivity contribution in [3.05, 3.63) is 28.1 Å². The predicted octanol–water partition coefficient (Wildman–Crippen LogP) is 1.28. The summed E-state index contributed by atoms with van der Waals surface area (Å²) in [5, 5.41) is 10.8. The fourth-order valence-corrected chi connectivity index (χ4v) is 4.07. The van der Waals surface area contributed by atoms with Crippen molar-refractivity contribution in [2.24, 2.45) is 0 Å². The number of rotatable bonds is 8. The van der Waals surface area contributed by atoms with E-state index < -0.39 is 72.4 Å². The monoisotopic (exact) mass is 552 g/mol. The molecule has 14 nitrogen and oxygen atoms in total. The van der Waals surface area contributed by atoms with Crippen molar-refractivity contribution in [2.45, 2.75) is 65.3 Å². The second-order valence-corrected chi connectivity index (χ2v) is 8.54. The number of carbonyl (C=O) groups excluding carboxylic acids is 4. The number of esters is 4. The summed E-state index contributed by atoms with van der Waals surface area (Å²) in [6.45, 7) is 5.44. The van der Waals surface area contributed by atoms with Crippen LogP contribution in [0.3, 0.4) is 0 Å². The van der Waals surface area contributed by atoms with Crippen LogP contribution in [0.4, 0.5) is 0 Å². The summed E-state index contributed by atoms with van der Waals surface area (Å²) in [6, 6.07) is 2.40. The van der Waals surface area contributed by atoms with E-state index in [2.05, 4.69) is 0 Å². The van der Waals surface area contributed by atoms with Gasteiger partial charge in [-0.3, -0.25) is 24.0 Å². The van der Waals surface area contributed by atoms with Crippen molar-refractivity contribution in [1.82, 2.24) is 0 Å². The van der Waals surface area contributed by atoms with E-state index in [0.29, 0.717) is 0 Å². The number of aromatic hydroxyl groups is 1. The number of fused-ring (bicyclic) bond motifs is 1. The summed E-state index contributed by atoms with van der Waals surface area (Å²) in [5.74, 6) is -4.09. The van der Waals surface area contributed by atoms with Gasteiger partial charge in [0.1, 0.15) is 29.4 Å². The van der Waals surface area contributed by atoms with Crippen LogP contribution in [0.25, 0.3) is 11.0 Å². The molecule has 3 rings (SSSR count). The highest BCUT2D eigenvalue weighted by Crippen LogP contribution is 2.43. The minimum Gasteiger partial charge on any atom is -0.502 e. The Bertz CT molecular complexity index is 1330. The lowest BCUT2D eigenvalue weighted by Gasteiger charge is -2.43. The number of phenolic OH excluding ortho intramolecular Hbond substituents is 1. The molecular formula is C25H28O14. The fourth-order valence-electron chi connectivity index (χ4n) is 4.07. The molecule has 1 aromatic heterocycles. The molecule has 0 unspecified atom stereocenters. The number of hydrogen-bond donors (Lipinski definition) is 1. The van der Waals surface area contributed by atoms with E-state index in [1.807, 2.05) is 0 Å². The zero-order chi connectivity index (χ0) is 29.0. The van der Waals surface area contributed by atoms with Crippen LogP contribution in [0.15, 0.2) is 21.3 Å². The number of methoxy groups -OCH3 is 1. The maximum Gasteiger partial charge on any atom is 0.303 e. The Morgan fingerprint density at radius 3 is 2.05 bits per heavy atom. The number of benzene rings is 1. The van der Waals surface area contributed by atoms with E-state index in [1.165, 1.54) is 19.2 Å². The van der Waals surface area contributed by atoms with Crippen molar-refractivity contribution < 1.29 is 61.9 Å². The largest absolute Gasteiger partial charge is 0.502 e. The maximum absolute atomic E-state index is 12.5. The lowest BCUT2D eigenvalue weighted by atomic mass is 9.98. The third kappa shape index (κ3) is 6.76. The molecule has 1 saturated heterocycles. The van der Waals surface area contributed by atoms with E-state index in [0.717, 1.165) is 27.7 Å². The van der Waals surface area contributed by atoms with Crippen molar-refractivity contribution in [3.8, 4) is 17.2 Å². The van der Waals surface area contributed by atoms with Gasteiger partial charge in [0.15, 0.2) is 29.1 Å². The van der Waals surface area contributed by atoms with Crippen LogP contribution in [-0.4, -0.2) is 73.4 Å². The Balaban J connectivity index is 2.14. The highest BCUT2D eigenvalue weighted by molar-refractivity contribution is 5.88. The van der Waals surface area contributed by atoms with Crippen LogP contribution in [-0.2, 0) is 42.9 Å². The molecule has 1 fully saturated rings. The SMILES string of the molecule is COc1c(O)c(O[C@@H]2O[C@H](COC(C)=O)[C@@H](OC(C)=O)[C@H](OC(C)=O)[C@H]2OC(C)=O)cc2oc(C)cc(=O)c12. The molecule has 2 heterocycles. The minimum atomic E-state index is -1.63. The molecule has 212 valence electrons. The van der Waals surface area contributed by atoms with Crippen LogP contribution in [0.5, 0.6) is 17.2 Å². The Morgan fingerprint density at radius 1 is 0.897 bits per heavy atom. The highest BCUT2D eigenvalue weighted by atomic mass is 16.7. The van der Waals surface area contributed by atoms with Crippen LogP contribution < -0.4 is 14.9 Å². The minimum absolute atomic E-state index is 0.00437. The summed E-state index contributed by atoms with van der Waals surface area (Å²) >= 11 is 0. The van der Waals surface area contributed by atoms with Crippen LogP contribution in [0.2, 0.25) is 0 Å². The third-order valence-electron chi connectivity index (χ3n) is 5.43. The van der Waals surface area contributed by atoms with Gasteiger partial charge in [0, 0.05) is 39.8 Å². The molecule has 1 N–H and O–H groups in total. The van der Waals surface area contributed by atoms with Crippen LogP contribution in [0, 0.1) is 6.92 Å². The molecule has 1 aliphatic rings. The lowest BCUT2D eigenvalue weighted by Crippen LogP contribution is -2.63. The van der Waals surface area contributed by atoms with Gasteiger partial charge >= 0.3 is 23.9 Å². The van der Waals surface area contributed by atoms with Crippen LogP contribution in [0.1, 0.15) is 33.5 Å². The average Bonchev–Trinajstić information content (AvgIpc) is 2.81. The van der Waals surface area contributed by atoms with Gasteiger partial charge in [-0.2, -0.15) is 0 Å². The first-order valence-electron chi connectivity index (χ1n) is 11.6. The normalized spacial score (nSPS) is 22.5. The standard InChI is InChI=1S/C25H28O14/c1-10-7-15(30)19-16(34-10)8-17(20(31)22(19)32-6)38-25-24(37-14(5)29)23(36-13(4)28)21(35-12(3)27)18(39-25)9-33-11(2)26/h7-8,18,21,23-25,31H,9H2,1-6H3/t18-,21-,23+,24-,25-/m1/s1. The molecule has 5 atom stereocenters. The first kappa shape index (κ1) is 29.2. The van der Waals surface area contributed by atoms with E-state index >= 15 is 0 Å². The molecule has 0 amide bonds. The van der Waals surface area contributed by atoms with Crippen molar-refractivity contribution in [1.29, 1.82) is 0 Å². The summed E-state index contributed by atoms with van der Waals surface area (Å²) in [4.78, 5) is 59.9. The van der Waals surface area contributed by atoms with Gasteiger partial charge in [0.05, 0.1) is 7.11 Å². The Labute approximate surface area is 221 Å². The smallest absolute Gasteiger partial charge is 0.303 e. The summed E-state index contributed by atoms with van der Waals surface area (Å²) in [5.41, 5.74) is -0.491. The Morgan fingerprint density at radius 2 is 1.49 bits per heavy atom. The van der Waals surface area contributed by atoms with Crippen molar-refractivity contribution in [3.63, 3.8) is 0 Å². The second kappa shape index (κ2) is 12.0. The summed E-state index contributed by atoms with van der Waals surface area (Å²) in [6.07, 6.45) is -7.33. The fraction of sp³-hybridized carbons (Fsp3) is 0.480. The number of ether oxygens (including phenoxy) is 7. The molecule has 0 saturated carbocycles. The summed E-state index contributed by atoms with van der Waals surface area (Å²) in [7, 11) is 1.21. The zero-order valence-electron chi connectivity index (χ0n) is 22.0. The van der Waals surface area contributed by atoms with E-state index in [1.54, 1.807) is 6.92 Å². The van der Waals surface area contributed by atoms with Gasteiger partial charge in [-0.15, -0.1) is 0 Å². The van der Waals surface area contributed by atoms with E-state index in [-0.39, 0.29) is 28.2 Å². The molecular weight excluding hydrogens is 524 g/mol. The third-order valence-corrected chi connectivity index (χ3v) is 5.43. The van der Waals surface area contributed by atoms with Crippen LogP contribution >= 0.6 is 0 Å². The van der Waals surface area contributed by atoms with Gasteiger partial charge in [0.2, 0.25) is 18.1 Å². The van der Waals surface area contributed by atoms with Gasteiger partial charge < -0.3 is 42.7 Å².